The normalized spacial score (nSPS) is 10.8. The first kappa shape index (κ1) is 23.8. The maximum atomic E-state index is 12.7. The van der Waals surface area contributed by atoms with Gasteiger partial charge in [-0.1, -0.05) is 94.7 Å². The van der Waals surface area contributed by atoms with E-state index in [0.717, 1.165) is 35.5 Å². The van der Waals surface area contributed by atoms with Gasteiger partial charge in [-0.2, -0.15) is 0 Å². The van der Waals surface area contributed by atoms with Gasteiger partial charge in [0.15, 0.2) is 5.78 Å². The van der Waals surface area contributed by atoms with E-state index in [2.05, 4.69) is 48.2 Å². The molecule has 0 heterocycles. The number of hydrogen-bond acceptors (Lipinski definition) is 2. The van der Waals surface area contributed by atoms with Crippen molar-refractivity contribution in [2.45, 2.75) is 71.1 Å². The molecule has 0 atom stereocenters. The van der Waals surface area contributed by atoms with E-state index in [-0.39, 0.29) is 5.78 Å². The van der Waals surface area contributed by atoms with Crippen molar-refractivity contribution in [3.05, 3.63) is 90.5 Å². The van der Waals surface area contributed by atoms with Crippen LogP contribution in [0.25, 0.3) is 0 Å². The van der Waals surface area contributed by atoms with E-state index in [1.165, 1.54) is 44.9 Å². The highest BCUT2D eigenvalue weighted by atomic mass is 16.1. The van der Waals surface area contributed by atoms with Crippen molar-refractivity contribution in [1.29, 1.82) is 0 Å². The van der Waals surface area contributed by atoms with Crippen LogP contribution in [0.4, 0.5) is 17.1 Å². The van der Waals surface area contributed by atoms with Gasteiger partial charge in [-0.05, 0) is 55.0 Å². The van der Waals surface area contributed by atoms with Crippen LogP contribution < -0.4 is 4.90 Å². The molecule has 0 bridgehead atoms. The Morgan fingerprint density at radius 3 is 1.50 bits per heavy atom. The van der Waals surface area contributed by atoms with Crippen LogP contribution in [0.15, 0.2) is 84.9 Å². The Bertz CT molecular complexity index is 863. The summed E-state index contributed by atoms with van der Waals surface area (Å²) in [6.45, 7) is 2.26. The van der Waals surface area contributed by atoms with Gasteiger partial charge in [0, 0.05) is 29.0 Å². The van der Waals surface area contributed by atoms with Crippen LogP contribution in [-0.2, 0) is 0 Å². The van der Waals surface area contributed by atoms with Crippen LogP contribution in [0.2, 0.25) is 0 Å². The molecule has 0 spiro atoms. The molecule has 0 fully saturated rings. The van der Waals surface area contributed by atoms with E-state index in [9.17, 15) is 4.79 Å². The number of carbonyl (C=O) groups is 1. The van der Waals surface area contributed by atoms with Gasteiger partial charge >= 0.3 is 0 Å². The molecule has 0 aromatic heterocycles. The van der Waals surface area contributed by atoms with Crippen molar-refractivity contribution in [3.8, 4) is 0 Å². The molecule has 2 heteroatoms. The molecule has 0 aliphatic heterocycles. The first-order valence-electron chi connectivity index (χ1n) is 12.3. The van der Waals surface area contributed by atoms with Crippen LogP contribution in [0.5, 0.6) is 0 Å². The third kappa shape index (κ3) is 7.37. The van der Waals surface area contributed by atoms with Crippen LogP contribution in [0.3, 0.4) is 0 Å². The SMILES string of the molecule is CCCCCCCCCCCC(=O)c1ccc(N(c2ccccc2)c2ccccc2)cc1. The highest BCUT2D eigenvalue weighted by Crippen LogP contribution is 2.34. The number of hydrogen-bond donors (Lipinski definition) is 0. The molecule has 0 saturated carbocycles. The summed E-state index contributed by atoms with van der Waals surface area (Å²) in [7, 11) is 0. The molecule has 0 N–H and O–H groups in total. The summed E-state index contributed by atoms with van der Waals surface area (Å²) in [6.07, 6.45) is 12.1. The van der Waals surface area contributed by atoms with E-state index in [4.69, 9.17) is 0 Å². The number of para-hydroxylation sites is 2. The molecule has 3 aromatic rings. The van der Waals surface area contributed by atoms with Gasteiger partial charge in [0.2, 0.25) is 0 Å². The fourth-order valence-electron chi connectivity index (χ4n) is 4.14. The maximum absolute atomic E-state index is 12.7. The average molecular weight is 428 g/mol. The zero-order valence-corrected chi connectivity index (χ0v) is 19.5. The molecule has 168 valence electrons. The topological polar surface area (TPSA) is 20.3 Å². The van der Waals surface area contributed by atoms with E-state index in [0.29, 0.717) is 6.42 Å². The molecule has 0 aliphatic carbocycles. The van der Waals surface area contributed by atoms with Crippen LogP contribution >= 0.6 is 0 Å². The van der Waals surface area contributed by atoms with E-state index >= 15 is 0 Å². The second kappa shape index (κ2) is 13.5. The molecule has 0 amide bonds. The number of nitrogens with zero attached hydrogens (tertiary/aromatic N) is 1. The summed E-state index contributed by atoms with van der Waals surface area (Å²) in [4.78, 5) is 14.9. The third-order valence-electron chi connectivity index (χ3n) is 5.98. The van der Waals surface area contributed by atoms with Crippen LogP contribution in [-0.4, -0.2) is 5.78 Å². The Morgan fingerprint density at radius 2 is 1.00 bits per heavy atom. The first-order valence-corrected chi connectivity index (χ1v) is 12.3. The second-order valence-corrected chi connectivity index (χ2v) is 8.55. The number of carbonyl (C=O) groups excluding carboxylic acids is 1. The average Bonchev–Trinajstić information content (AvgIpc) is 2.85. The molecule has 0 saturated heterocycles. The quantitative estimate of drug-likeness (QED) is 0.189. The number of Topliss-reactive ketones (excluding diaryl/α,β-unsaturated/α-hetero) is 1. The zero-order valence-electron chi connectivity index (χ0n) is 19.5. The fraction of sp³-hybridized carbons (Fsp3) is 0.367. The van der Waals surface area contributed by atoms with Gasteiger partial charge in [-0.3, -0.25) is 4.79 Å². The lowest BCUT2D eigenvalue weighted by atomic mass is 10.0. The summed E-state index contributed by atoms with van der Waals surface area (Å²) in [5.41, 5.74) is 4.08. The van der Waals surface area contributed by atoms with Gasteiger partial charge in [0.1, 0.15) is 0 Å². The first-order chi connectivity index (χ1) is 15.8. The number of ketones is 1. The van der Waals surface area contributed by atoms with Crippen molar-refractivity contribution >= 4 is 22.8 Å². The van der Waals surface area contributed by atoms with Crippen molar-refractivity contribution in [2.24, 2.45) is 0 Å². The molecule has 0 radical (unpaired) electrons. The molecule has 3 aromatic carbocycles. The van der Waals surface area contributed by atoms with Gasteiger partial charge < -0.3 is 4.90 Å². The molecule has 2 nitrogen and oxygen atoms in total. The minimum absolute atomic E-state index is 0.255. The molecule has 3 rings (SSSR count). The van der Waals surface area contributed by atoms with E-state index < -0.39 is 0 Å². The number of benzene rings is 3. The second-order valence-electron chi connectivity index (χ2n) is 8.55. The summed E-state index contributed by atoms with van der Waals surface area (Å²) >= 11 is 0. The Kier molecular flexibility index (Phi) is 10.1. The maximum Gasteiger partial charge on any atom is 0.162 e. The number of rotatable bonds is 14. The molecule has 0 unspecified atom stereocenters. The Hall–Kier alpha value is -2.87. The van der Waals surface area contributed by atoms with Crippen LogP contribution in [0.1, 0.15) is 81.5 Å². The number of unbranched alkanes of at least 4 members (excludes halogenated alkanes) is 8. The van der Waals surface area contributed by atoms with Crippen molar-refractivity contribution < 1.29 is 4.79 Å². The molecular formula is C30H37NO. The summed E-state index contributed by atoms with van der Waals surface area (Å²) in [5.74, 6) is 0.255. The fourth-order valence-corrected chi connectivity index (χ4v) is 4.14. The smallest absolute Gasteiger partial charge is 0.162 e. The van der Waals surface area contributed by atoms with Gasteiger partial charge in [0.25, 0.3) is 0 Å². The summed E-state index contributed by atoms with van der Waals surface area (Å²) in [5, 5.41) is 0. The predicted octanol–water partition coefficient (Wildman–Crippen LogP) is 9.26. The Labute approximate surface area is 194 Å². The van der Waals surface area contributed by atoms with Crippen molar-refractivity contribution in [1.82, 2.24) is 0 Å². The standard InChI is InChI=1S/C30H37NO/c1-2-3-4-5-6-7-8-9-16-21-30(32)26-22-24-29(25-23-26)31(27-17-12-10-13-18-27)28-19-14-11-15-20-28/h10-15,17-20,22-25H,2-9,16,21H2,1H3. The Morgan fingerprint density at radius 1 is 0.562 bits per heavy atom. The largest absolute Gasteiger partial charge is 0.311 e. The molecular weight excluding hydrogens is 390 g/mol. The summed E-state index contributed by atoms with van der Waals surface area (Å²) in [6, 6.07) is 28.8. The van der Waals surface area contributed by atoms with Gasteiger partial charge in [-0.25, -0.2) is 0 Å². The zero-order chi connectivity index (χ0) is 22.4. The third-order valence-corrected chi connectivity index (χ3v) is 5.98. The lowest BCUT2D eigenvalue weighted by Crippen LogP contribution is -2.10. The minimum atomic E-state index is 0.255. The summed E-state index contributed by atoms with van der Waals surface area (Å²) < 4.78 is 0. The minimum Gasteiger partial charge on any atom is -0.311 e. The molecule has 32 heavy (non-hydrogen) atoms. The van der Waals surface area contributed by atoms with Gasteiger partial charge in [0.05, 0.1) is 0 Å². The lowest BCUT2D eigenvalue weighted by molar-refractivity contribution is 0.0979. The van der Waals surface area contributed by atoms with E-state index in [1.54, 1.807) is 0 Å². The number of anilines is 3. The van der Waals surface area contributed by atoms with Gasteiger partial charge in [-0.15, -0.1) is 0 Å². The van der Waals surface area contributed by atoms with Crippen molar-refractivity contribution in [3.63, 3.8) is 0 Å². The highest BCUT2D eigenvalue weighted by molar-refractivity contribution is 5.96. The predicted molar refractivity (Wildman–Crippen MR) is 137 cm³/mol. The lowest BCUT2D eigenvalue weighted by Gasteiger charge is -2.25. The molecule has 0 aliphatic rings. The van der Waals surface area contributed by atoms with Crippen LogP contribution in [0, 0.1) is 0 Å². The Balaban J connectivity index is 1.53. The van der Waals surface area contributed by atoms with E-state index in [1.807, 2.05) is 48.5 Å². The van der Waals surface area contributed by atoms with Crippen molar-refractivity contribution in [2.75, 3.05) is 4.90 Å². The monoisotopic (exact) mass is 427 g/mol. The highest BCUT2D eigenvalue weighted by Gasteiger charge is 2.13.